The van der Waals surface area contributed by atoms with Crippen LogP contribution in [0.1, 0.15) is 0 Å². The van der Waals surface area contributed by atoms with Gasteiger partial charge < -0.3 is 0 Å². The Morgan fingerprint density at radius 2 is 1.38 bits per heavy atom. The monoisotopic (exact) mass is 97.1 g/mol. The summed E-state index contributed by atoms with van der Waals surface area (Å²) < 4.78 is 0. The third-order valence-corrected chi connectivity index (χ3v) is 0.222. The van der Waals surface area contributed by atoms with Crippen molar-refractivity contribution in [2.75, 3.05) is 0 Å². The Morgan fingerprint density at radius 1 is 1.00 bits per heavy atom. The van der Waals surface area contributed by atoms with Gasteiger partial charge >= 0.3 is 0 Å². The van der Waals surface area contributed by atoms with Gasteiger partial charge in [-0.25, -0.2) is 0 Å². The van der Waals surface area contributed by atoms with E-state index < -0.39 is 0 Å². The third-order valence-electron chi connectivity index (χ3n) is 0.222. The summed E-state index contributed by atoms with van der Waals surface area (Å²) in [7, 11) is 13.0. The lowest BCUT2D eigenvalue weighted by molar-refractivity contribution is 3.62. The van der Waals surface area contributed by atoms with E-state index in [1.807, 2.05) is 0 Å². The maximum absolute atomic E-state index is 5.82. The second kappa shape index (κ2) is 3.53. The van der Waals surface area contributed by atoms with E-state index in [1.165, 1.54) is 0 Å². The van der Waals surface area contributed by atoms with Crippen molar-refractivity contribution in [1.82, 2.24) is 0 Å². The highest BCUT2D eigenvalue weighted by Crippen LogP contribution is 1.76. The smallest absolute Gasteiger partial charge is 0.00816 e. The van der Waals surface area contributed by atoms with Crippen molar-refractivity contribution in [3.05, 3.63) is 0 Å². The van der Waals surface area contributed by atoms with Crippen molar-refractivity contribution in [2.24, 2.45) is 0 Å². The SMILES string of the molecule is [B]B([BH3-])B([B])B([BH3-])[BH3-]. The van der Waals surface area contributed by atoms with Gasteiger partial charge in [-0.1, -0.05) is 14.1 Å². The van der Waals surface area contributed by atoms with Crippen LogP contribution in [0.4, 0.5) is 0 Å². The van der Waals surface area contributed by atoms with Crippen LogP contribution in [0.15, 0.2) is 0 Å². The van der Waals surface area contributed by atoms with Crippen molar-refractivity contribution in [3.8, 4) is 0 Å². The Labute approximate surface area is 58.5 Å². The summed E-state index contributed by atoms with van der Waals surface area (Å²) in [4.78, 5) is 0. The van der Waals surface area contributed by atoms with E-state index in [-0.39, 0.29) is 0 Å². The van der Waals surface area contributed by atoms with Crippen molar-refractivity contribution < 1.29 is 0 Å². The van der Waals surface area contributed by atoms with Gasteiger partial charge in [-0.3, -0.25) is 6.39 Å². The summed E-state index contributed by atoms with van der Waals surface area (Å²) >= 11 is 0. The highest BCUT2D eigenvalue weighted by Gasteiger charge is 2.01. The van der Waals surface area contributed by atoms with Crippen LogP contribution in [0.3, 0.4) is 0 Å². The Balaban J connectivity index is 3.46. The number of hydrogen-bond donors (Lipinski definition) is 0. The van der Waals surface area contributed by atoms with E-state index in [0.29, 0.717) is 36.0 Å². The summed E-state index contributed by atoms with van der Waals surface area (Å²) in [5.41, 5.74) is 0. The van der Waals surface area contributed by atoms with E-state index in [1.54, 1.807) is 0 Å². The molecule has 0 aliphatic rings. The van der Waals surface area contributed by atoms with E-state index in [9.17, 15) is 0 Å². The van der Waals surface area contributed by atoms with Crippen LogP contribution in [0.2, 0.25) is 0 Å². The molecule has 0 heterocycles. The molecule has 0 aliphatic heterocycles. The minimum atomic E-state index is 0.338. The number of rotatable bonds is 2. The molecular weight excluding hydrogens is 86.5 g/mol. The average molecular weight is 95.6 g/mol. The molecule has 0 saturated carbocycles. The van der Waals surface area contributed by atoms with Crippen molar-refractivity contribution in [2.45, 2.75) is 0 Å². The lowest BCUT2D eigenvalue weighted by atomic mass is 8.68. The van der Waals surface area contributed by atoms with E-state index in [2.05, 4.69) is 0 Å². The van der Waals surface area contributed by atoms with Gasteiger partial charge in [0.2, 0.25) is 0 Å². The Hall–Kier alpha value is 0.519. The molecule has 0 unspecified atom stereocenters. The predicted molar refractivity (Wildman–Crippen MR) is 58.6 cm³/mol. The summed E-state index contributed by atoms with van der Waals surface area (Å²) in [5.74, 6) is 0. The molecule has 4 radical (unpaired) electrons. The average Bonchev–Trinajstić information content (AvgIpc) is 1.64. The Morgan fingerprint density at radius 3 is 1.38 bits per heavy atom. The van der Waals surface area contributed by atoms with Gasteiger partial charge in [0.15, 0.2) is 0 Å². The molecule has 0 nitrogen and oxygen atoms in total. The molecule has 36 valence electrons. The summed E-state index contributed by atoms with van der Waals surface area (Å²) in [5, 5.41) is 0. The van der Waals surface area contributed by atoms with Gasteiger partial charge in [0.05, 0.1) is 0 Å². The quantitative estimate of drug-likeness (QED) is 0.301. The number of hydrogen-bond acceptors (Lipinski definition) is 0. The summed E-state index contributed by atoms with van der Waals surface area (Å²) in [6.45, 7) is 0. The van der Waals surface area contributed by atoms with Crippen molar-refractivity contribution in [3.63, 3.8) is 0 Å². The fourth-order valence-corrected chi connectivity index (χ4v) is 0. The van der Waals surface area contributed by atoms with Crippen LogP contribution >= 0.6 is 0 Å². The zero-order chi connectivity index (χ0) is 6.73. The summed E-state index contributed by atoms with van der Waals surface area (Å²) in [6.07, 6.45) is 2.03. The lowest BCUT2D eigenvalue weighted by Crippen LogP contribution is -2.52. The van der Waals surface area contributed by atoms with Crippen LogP contribution in [0.25, 0.3) is 0 Å². The normalized spacial score (nSPS) is 8.38. The molecule has 0 bridgehead atoms. The minimum absolute atomic E-state index is 0.338. The first-order valence-corrected chi connectivity index (χ1v) is 1.33. The zero-order valence-electron chi connectivity index (χ0n) is 2.89. The van der Waals surface area contributed by atoms with Crippen molar-refractivity contribution in [1.29, 1.82) is 0 Å². The van der Waals surface area contributed by atoms with Gasteiger partial charge in [0.1, 0.15) is 0 Å². The molecular formula is H9B8-3. The van der Waals surface area contributed by atoms with Crippen LogP contribution in [-0.4, -0.2) is 57.8 Å². The zero-order valence-corrected chi connectivity index (χ0v) is 2.89. The first kappa shape index (κ1) is 8.52. The topological polar surface area (TPSA) is 0 Å². The van der Waals surface area contributed by atoms with Gasteiger partial charge in [-0.15, -0.1) is 21.9 Å². The summed E-state index contributed by atoms with van der Waals surface area (Å²) in [6, 6.07) is 0. The molecule has 0 fully saturated rings. The maximum Gasteiger partial charge on any atom is -0.00816 e. The Kier molecular flexibility index (Phi) is 3.76. The molecule has 0 spiro atoms. The fourth-order valence-electron chi connectivity index (χ4n) is 0. The first-order valence-electron chi connectivity index (χ1n) is 1.33. The predicted octanol–water partition coefficient (Wildman–Crippen LogP) is -5.46. The second-order valence-electron chi connectivity index (χ2n) is 0.770. The Bertz CT molecular complexity index is 45.1. The molecule has 0 aromatic heterocycles. The van der Waals surface area contributed by atoms with Crippen LogP contribution in [0.5, 0.6) is 0 Å². The van der Waals surface area contributed by atoms with E-state index >= 15 is 0 Å². The minimum Gasteiger partial charge on any atom is -0.264 e. The van der Waals surface area contributed by atoms with Crippen molar-refractivity contribution >= 4 is 57.8 Å². The van der Waals surface area contributed by atoms with Gasteiger partial charge in [-0.05, 0) is 15.5 Å². The molecule has 0 amide bonds. The lowest BCUT2D eigenvalue weighted by Gasteiger charge is -2.27. The highest BCUT2D eigenvalue weighted by atomic mass is 13.0. The standard InChI is InChI=1S/B8H9/c1-6(2)8(5)7(3)4/h1-3H3/q-3. The molecule has 8 heteroatoms. The molecule has 0 atom stereocenters. The molecule has 0 aliphatic carbocycles. The van der Waals surface area contributed by atoms with E-state index in [0.717, 1.165) is 6.39 Å². The van der Waals surface area contributed by atoms with Crippen LogP contribution in [0, 0.1) is 0 Å². The molecule has 0 aromatic carbocycles. The molecule has 0 N–H and O–H groups in total. The van der Waals surface area contributed by atoms with Gasteiger partial charge in [0, 0.05) is 0 Å². The van der Waals surface area contributed by atoms with Gasteiger partial charge in [0.25, 0.3) is 0 Å². The fraction of sp³-hybridized carbons (Fsp3) is 0. The third kappa shape index (κ3) is 2.74. The molecule has 0 rings (SSSR count). The second-order valence-corrected chi connectivity index (χ2v) is 0.770. The highest BCUT2D eigenvalue weighted by molar-refractivity contribution is 7.89. The molecule has 8 heavy (non-hydrogen) atoms. The van der Waals surface area contributed by atoms with Crippen LogP contribution < -0.4 is 0 Å². The van der Waals surface area contributed by atoms with Crippen LogP contribution in [-0.2, 0) is 0 Å². The molecule has 0 aromatic rings. The van der Waals surface area contributed by atoms with Gasteiger partial charge in [-0.2, -0.15) is 0 Å². The van der Waals surface area contributed by atoms with E-state index in [4.69, 9.17) is 15.5 Å². The first-order chi connectivity index (χ1) is 3.55. The largest absolute Gasteiger partial charge is 0.264 e. The maximum atomic E-state index is 5.82. The molecule has 0 saturated heterocycles.